The van der Waals surface area contributed by atoms with Gasteiger partial charge in [0.15, 0.2) is 0 Å². The number of hydrogen-bond acceptors (Lipinski definition) is 10. The predicted molar refractivity (Wildman–Crippen MR) is 65.8 cm³/mol. The summed E-state index contributed by atoms with van der Waals surface area (Å²) in [6.45, 7) is 8.72. The fourth-order valence-corrected chi connectivity index (χ4v) is 1.49. The van der Waals surface area contributed by atoms with Gasteiger partial charge in [-0.05, 0) is 13.8 Å². The molecule has 0 spiro atoms. The van der Waals surface area contributed by atoms with E-state index in [2.05, 4.69) is 41.6 Å². The number of carbonyl (C=O) groups is 2. The molecule has 12 nitrogen and oxygen atoms in total. The number of carbonyl (C=O) groups excluding carboxylic acids is 2. The van der Waals surface area contributed by atoms with Crippen LogP contribution in [0.1, 0.15) is 13.8 Å². The molecule has 0 rings (SSSR count). The zero-order valence-electron chi connectivity index (χ0n) is 11.3. The molecule has 0 aliphatic carbocycles. The van der Waals surface area contributed by atoms with Gasteiger partial charge < -0.3 is 9.79 Å². The fraction of sp³-hybridized carbons (Fsp3) is 0.250. The van der Waals surface area contributed by atoms with Crippen molar-refractivity contribution in [1.29, 1.82) is 0 Å². The second-order valence-corrected chi connectivity index (χ2v) is 6.01. The van der Waals surface area contributed by atoms with Crippen LogP contribution in [0.15, 0.2) is 24.3 Å². The van der Waals surface area contributed by atoms with Crippen molar-refractivity contribution in [2.75, 3.05) is 0 Å². The van der Waals surface area contributed by atoms with Crippen LogP contribution in [-0.4, -0.2) is 21.7 Å². The summed E-state index contributed by atoms with van der Waals surface area (Å²) >= 11 is 0. The van der Waals surface area contributed by atoms with Crippen LogP contribution in [0.2, 0.25) is 0 Å². The van der Waals surface area contributed by atoms with Gasteiger partial charge in [-0.2, -0.15) is 0 Å². The Hall–Kier alpha value is -1.36. The van der Waals surface area contributed by atoms with Crippen LogP contribution >= 0.6 is 15.6 Å². The van der Waals surface area contributed by atoms with Gasteiger partial charge in [0.05, 0.1) is 0 Å². The van der Waals surface area contributed by atoms with E-state index in [1.54, 1.807) is 0 Å². The highest BCUT2D eigenvalue weighted by atomic mass is 31.2. The topological polar surface area (TPSA) is 164 Å². The van der Waals surface area contributed by atoms with Crippen LogP contribution in [0.3, 0.4) is 0 Å². The fourth-order valence-electron chi connectivity index (χ4n) is 0.423. The highest BCUT2D eigenvalue weighted by Gasteiger charge is 2.39. The Morgan fingerprint density at radius 3 is 1.45 bits per heavy atom. The van der Waals surface area contributed by atoms with Gasteiger partial charge in [-0.15, -0.1) is 9.35 Å². The SMILES string of the molecule is C=C(C)C(=O)OOP(=O)(OOC(=O)C(=C)C)OOP(=O)(O)O. The lowest BCUT2D eigenvalue weighted by Crippen LogP contribution is -2.11. The zero-order chi connectivity index (χ0) is 17.6. The van der Waals surface area contributed by atoms with Crippen LogP contribution < -0.4 is 0 Å². The Labute approximate surface area is 123 Å². The van der Waals surface area contributed by atoms with Crippen LogP contribution in [0.5, 0.6) is 0 Å². The maximum atomic E-state index is 11.8. The first-order chi connectivity index (χ1) is 9.86. The molecule has 2 N–H and O–H groups in total. The third-order valence-corrected chi connectivity index (χ3v) is 2.48. The Morgan fingerprint density at radius 1 is 0.818 bits per heavy atom. The van der Waals surface area contributed by atoms with E-state index in [4.69, 9.17) is 9.79 Å². The van der Waals surface area contributed by atoms with Crippen LogP contribution in [0, 0.1) is 0 Å². The quantitative estimate of drug-likeness (QED) is 0.261. The van der Waals surface area contributed by atoms with E-state index in [1.165, 1.54) is 13.8 Å². The van der Waals surface area contributed by atoms with Gasteiger partial charge in [-0.3, -0.25) is 9.78 Å². The van der Waals surface area contributed by atoms with Gasteiger partial charge in [0.2, 0.25) is 0 Å². The van der Waals surface area contributed by atoms with E-state index in [0.29, 0.717) is 0 Å². The maximum Gasteiger partial charge on any atom is 0.575 e. The molecule has 0 heterocycles. The molecule has 14 heteroatoms. The van der Waals surface area contributed by atoms with E-state index in [-0.39, 0.29) is 11.1 Å². The molecule has 0 aromatic carbocycles. The summed E-state index contributed by atoms with van der Waals surface area (Å²) < 4.78 is 37.1. The van der Waals surface area contributed by atoms with Gasteiger partial charge in [0.1, 0.15) is 0 Å². The van der Waals surface area contributed by atoms with Gasteiger partial charge in [0, 0.05) is 11.1 Å². The van der Waals surface area contributed by atoms with Gasteiger partial charge in [-0.1, -0.05) is 22.5 Å². The van der Waals surface area contributed by atoms with Crippen molar-refractivity contribution in [3.8, 4) is 0 Å². The third-order valence-electron chi connectivity index (χ3n) is 1.33. The largest absolute Gasteiger partial charge is 0.575 e. The lowest BCUT2D eigenvalue weighted by Gasteiger charge is -2.13. The second-order valence-electron chi connectivity index (χ2n) is 3.54. The first-order valence-electron chi connectivity index (χ1n) is 5.02. The minimum absolute atomic E-state index is 0.193. The molecule has 0 saturated carbocycles. The molecule has 0 saturated heterocycles. The van der Waals surface area contributed by atoms with Crippen molar-refractivity contribution in [3.05, 3.63) is 24.3 Å². The lowest BCUT2D eigenvalue weighted by atomic mass is 10.4. The van der Waals surface area contributed by atoms with E-state index < -0.39 is 27.6 Å². The average Bonchev–Trinajstić information content (AvgIpc) is 2.39. The summed E-state index contributed by atoms with van der Waals surface area (Å²) in [4.78, 5) is 46.7. The predicted octanol–water partition coefficient (Wildman–Crippen LogP) is 1.24. The summed E-state index contributed by atoms with van der Waals surface area (Å²) in [6, 6.07) is 0. The lowest BCUT2D eigenvalue weighted by molar-refractivity contribution is -0.283. The molecule has 0 aliphatic heterocycles. The van der Waals surface area contributed by atoms with Crippen LogP contribution in [-0.2, 0) is 47.2 Å². The van der Waals surface area contributed by atoms with Crippen molar-refractivity contribution < 1.29 is 57.0 Å². The van der Waals surface area contributed by atoms with Crippen molar-refractivity contribution in [3.63, 3.8) is 0 Å². The molecule has 22 heavy (non-hydrogen) atoms. The molecular weight excluding hydrogens is 350 g/mol. The second kappa shape index (κ2) is 8.32. The molecule has 0 amide bonds. The normalized spacial score (nSPS) is 11.6. The van der Waals surface area contributed by atoms with Gasteiger partial charge in [0.25, 0.3) is 0 Å². The van der Waals surface area contributed by atoms with E-state index in [1.807, 2.05) is 0 Å². The minimum atomic E-state index is -5.27. The Balaban J connectivity index is 4.88. The molecular formula is C8H12O12P2. The highest BCUT2D eigenvalue weighted by Crippen LogP contribution is 2.54. The molecule has 0 radical (unpaired) electrons. The van der Waals surface area contributed by atoms with E-state index >= 15 is 0 Å². The molecule has 0 aromatic heterocycles. The van der Waals surface area contributed by atoms with Gasteiger partial charge in [-0.25, -0.2) is 18.7 Å². The van der Waals surface area contributed by atoms with Crippen molar-refractivity contribution in [2.45, 2.75) is 13.8 Å². The summed E-state index contributed by atoms with van der Waals surface area (Å²) in [7, 11) is -10.5. The first kappa shape index (κ1) is 20.6. The highest BCUT2D eigenvalue weighted by molar-refractivity contribution is 7.49. The summed E-state index contributed by atoms with van der Waals surface area (Å²) in [5, 5.41) is 0. The van der Waals surface area contributed by atoms with E-state index in [9.17, 15) is 18.7 Å². The Bertz CT molecular complexity index is 525. The maximum absolute atomic E-state index is 11.8. The van der Waals surface area contributed by atoms with Crippen molar-refractivity contribution in [1.82, 2.24) is 0 Å². The summed E-state index contributed by atoms with van der Waals surface area (Å²) in [6.07, 6.45) is 0. The summed E-state index contributed by atoms with van der Waals surface area (Å²) in [5.41, 5.74) is -0.386. The number of hydrogen-bond donors (Lipinski definition) is 2. The van der Waals surface area contributed by atoms with Crippen LogP contribution in [0.4, 0.5) is 0 Å². The zero-order valence-corrected chi connectivity index (χ0v) is 13.1. The molecule has 0 aromatic rings. The van der Waals surface area contributed by atoms with Crippen molar-refractivity contribution in [2.24, 2.45) is 0 Å². The molecule has 0 atom stereocenters. The standard InChI is InChI=1S/C8H12O12P2/c1-5(2)7(9)15-17-22(14,20-19-21(11,12)13)18-16-8(10)6(3)4/h1,3H2,2,4H3,(H2,11,12,13). The smallest absolute Gasteiger partial charge is 0.301 e. The van der Waals surface area contributed by atoms with E-state index in [0.717, 1.165) is 0 Å². The molecule has 0 aliphatic rings. The van der Waals surface area contributed by atoms with Gasteiger partial charge >= 0.3 is 27.6 Å². The first-order valence-corrected chi connectivity index (χ1v) is 8.01. The molecule has 0 bridgehead atoms. The molecule has 0 fully saturated rings. The average molecular weight is 362 g/mol. The number of rotatable bonds is 9. The monoisotopic (exact) mass is 362 g/mol. The minimum Gasteiger partial charge on any atom is -0.301 e. The Kier molecular flexibility index (Phi) is 7.81. The third kappa shape index (κ3) is 8.82. The molecule has 0 unspecified atom stereocenters. The number of phosphoric acid groups is 2. The van der Waals surface area contributed by atoms with Crippen LogP contribution in [0.25, 0.3) is 0 Å². The summed E-state index contributed by atoms with van der Waals surface area (Å²) in [5.74, 6) is -2.45. The molecule has 126 valence electrons. The van der Waals surface area contributed by atoms with Crippen molar-refractivity contribution >= 4 is 27.6 Å². The Morgan fingerprint density at radius 2 is 1.18 bits per heavy atom.